The zero-order chi connectivity index (χ0) is 16.9. The second-order valence-electron chi connectivity index (χ2n) is 6.42. The van der Waals surface area contributed by atoms with Gasteiger partial charge in [-0.05, 0) is 74.6 Å². The Balaban J connectivity index is 1.61. The Labute approximate surface area is 143 Å². The molecule has 1 fully saturated rings. The van der Waals surface area contributed by atoms with E-state index in [2.05, 4.69) is 27.7 Å². The summed E-state index contributed by atoms with van der Waals surface area (Å²) in [5.74, 6) is 0. The monoisotopic (exact) mass is 323 g/mol. The van der Waals surface area contributed by atoms with Gasteiger partial charge >= 0.3 is 6.03 Å². The topological polar surface area (TPSA) is 44.4 Å². The lowest BCUT2D eigenvalue weighted by Crippen LogP contribution is -2.29. The van der Waals surface area contributed by atoms with Crippen molar-refractivity contribution in [2.45, 2.75) is 33.1 Å². The quantitative estimate of drug-likeness (QED) is 0.840. The molecule has 0 saturated carbocycles. The number of urea groups is 1. The van der Waals surface area contributed by atoms with Gasteiger partial charge in [0.05, 0.1) is 0 Å². The number of benzene rings is 2. The standard InChI is InChI=1S/C20H25N3O/c1-15-7-6-8-19(16(15)2)22-20(24)21-17-9-11-18(12-10-17)23-13-4-3-5-14-23/h6-12H,3-5,13-14H2,1-2H3,(H2,21,22,24). The zero-order valence-electron chi connectivity index (χ0n) is 14.4. The highest BCUT2D eigenvalue weighted by Crippen LogP contribution is 2.22. The number of rotatable bonds is 3. The molecule has 1 heterocycles. The van der Waals surface area contributed by atoms with Gasteiger partial charge in [-0.15, -0.1) is 0 Å². The van der Waals surface area contributed by atoms with E-state index in [1.165, 1.54) is 30.5 Å². The summed E-state index contributed by atoms with van der Waals surface area (Å²) < 4.78 is 0. The smallest absolute Gasteiger partial charge is 0.323 e. The van der Waals surface area contributed by atoms with Crippen molar-refractivity contribution in [3.05, 3.63) is 53.6 Å². The van der Waals surface area contributed by atoms with E-state index < -0.39 is 0 Å². The lowest BCUT2D eigenvalue weighted by Gasteiger charge is -2.28. The molecule has 1 saturated heterocycles. The van der Waals surface area contributed by atoms with Gasteiger partial charge in [0, 0.05) is 30.2 Å². The third-order valence-electron chi connectivity index (χ3n) is 4.70. The van der Waals surface area contributed by atoms with Gasteiger partial charge < -0.3 is 15.5 Å². The van der Waals surface area contributed by atoms with E-state index in [0.29, 0.717) is 0 Å². The number of aryl methyl sites for hydroxylation is 1. The molecule has 3 rings (SSSR count). The first kappa shape index (κ1) is 16.4. The summed E-state index contributed by atoms with van der Waals surface area (Å²) in [4.78, 5) is 14.6. The Morgan fingerprint density at radius 3 is 2.33 bits per heavy atom. The maximum absolute atomic E-state index is 12.2. The van der Waals surface area contributed by atoms with Crippen molar-refractivity contribution < 1.29 is 4.79 Å². The number of hydrogen-bond donors (Lipinski definition) is 2. The number of carbonyl (C=O) groups excluding carboxylic acids is 1. The Kier molecular flexibility index (Phi) is 5.04. The molecule has 0 bridgehead atoms. The van der Waals surface area contributed by atoms with E-state index in [9.17, 15) is 4.79 Å². The highest BCUT2D eigenvalue weighted by Gasteiger charge is 2.11. The summed E-state index contributed by atoms with van der Waals surface area (Å²) >= 11 is 0. The van der Waals surface area contributed by atoms with E-state index in [-0.39, 0.29) is 6.03 Å². The molecule has 0 spiro atoms. The fraction of sp³-hybridized carbons (Fsp3) is 0.350. The van der Waals surface area contributed by atoms with Gasteiger partial charge in [-0.2, -0.15) is 0 Å². The second-order valence-corrected chi connectivity index (χ2v) is 6.42. The van der Waals surface area contributed by atoms with Gasteiger partial charge in [0.1, 0.15) is 0 Å². The van der Waals surface area contributed by atoms with Crippen LogP contribution in [0.5, 0.6) is 0 Å². The van der Waals surface area contributed by atoms with Crippen LogP contribution < -0.4 is 15.5 Å². The predicted molar refractivity (Wildman–Crippen MR) is 101 cm³/mol. The number of carbonyl (C=O) groups is 1. The Bertz CT molecular complexity index is 703. The molecule has 2 amide bonds. The molecule has 2 N–H and O–H groups in total. The number of nitrogens with zero attached hydrogens (tertiary/aromatic N) is 1. The first-order chi connectivity index (χ1) is 11.6. The fourth-order valence-corrected chi connectivity index (χ4v) is 3.08. The van der Waals surface area contributed by atoms with Crippen LogP contribution in [-0.4, -0.2) is 19.1 Å². The first-order valence-corrected chi connectivity index (χ1v) is 8.63. The minimum Gasteiger partial charge on any atom is -0.372 e. The molecule has 24 heavy (non-hydrogen) atoms. The van der Waals surface area contributed by atoms with Crippen molar-refractivity contribution in [3.63, 3.8) is 0 Å². The number of piperidine rings is 1. The van der Waals surface area contributed by atoms with Crippen molar-refractivity contribution >= 4 is 23.1 Å². The molecule has 0 unspecified atom stereocenters. The summed E-state index contributed by atoms with van der Waals surface area (Å²) in [7, 11) is 0. The van der Waals surface area contributed by atoms with Crippen molar-refractivity contribution in [2.24, 2.45) is 0 Å². The van der Waals surface area contributed by atoms with Gasteiger partial charge in [-0.3, -0.25) is 0 Å². The van der Waals surface area contributed by atoms with Crippen molar-refractivity contribution in [1.82, 2.24) is 0 Å². The lowest BCUT2D eigenvalue weighted by atomic mass is 10.1. The minimum absolute atomic E-state index is 0.213. The summed E-state index contributed by atoms with van der Waals surface area (Å²) in [6.07, 6.45) is 3.85. The average Bonchev–Trinajstić information content (AvgIpc) is 2.60. The van der Waals surface area contributed by atoms with Crippen LogP contribution in [-0.2, 0) is 0 Å². The predicted octanol–water partition coefficient (Wildman–Crippen LogP) is 4.94. The lowest BCUT2D eigenvalue weighted by molar-refractivity contribution is 0.262. The molecule has 4 nitrogen and oxygen atoms in total. The van der Waals surface area contributed by atoms with Crippen LogP contribution in [0.25, 0.3) is 0 Å². The zero-order valence-corrected chi connectivity index (χ0v) is 14.4. The minimum atomic E-state index is -0.213. The van der Waals surface area contributed by atoms with Crippen molar-refractivity contribution in [3.8, 4) is 0 Å². The Morgan fingerprint density at radius 2 is 1.62 bits per heavy atom. The SMILES string of the molecule is Cc1cccc(NC(=O)Nc2ccc(N3CCCCC3)cc2)c1C. The van der Waals surface area contributed by atoms with E-state index in [0.717, 1.165) is 30.0 Å². The first-order valence-electron chi connectivity index (χ1n) is 8.63. The molecule has 4 heteroatoms. The number of hydrogen-bond acceptors (Lipinski definition) is 2. The molecule has 0 aliphatic carbocycles. The average molecular weight is 323 g/mol. The highest BCUT2D eigenvalue weighted by atomic mass is 16.2. The van der Waals surface area contributed by atoms with Crippen LogP contribution in [0.4, 0.5) is 21.9 Å². The molecule has 0 aromatic heterocycles. The molecular weight excluding hydrogens is 298 g/mol. The maximum Gasteiger partial charge on any atom is 0.323 e. The largest absolute Gasteiger partial charge is 0.372 e. The van der Waals surface area contributed by atoms with Crippen molar-refractivity contribution in [1.29, 1.82) is 0 Å². The maximum atomic E-state index is 12.2. The number of amides is 2. The number of nitrogens with one attached hydrogen (secondary N) is 2. The summed E-state index contributed by atoms with van der Waals surface area (Å²) in [5, 5.41) is 5.82. The van der Waals surface area contributed by atoms with Gasteiger partial charge in [0.2, 0.25) is 0 Å². The Morgan fingerprint density at radius 1 is 0.917 bits per heavy atom. The normalized spacial score (nSPS) is 14.3. The molecule has 0 radical (unpaired) electrons. The van der Waals surface area contributed by atoms with Crippen LogP contribution in [0, 0.1) is 13.8 Å². The Hall–Kier alpha value is -2.49. The highest BCUT2D eigenvalue weighted by molar-refractivity contribution is 6.00. The second kappa shape index (κ2) is 7.39. The van der Waals surface area contributed by atoms with Gasteiger partial charge in [-0.1, -0.05) is 12.1 Å². The fourth-order valence-electron chi connectivity index (χ4n) is 3.08. The molecule has 1 aliphatic heterocycles. The third kappa shape index (κ3) is 3.88. The van der Waals surface area contributed by atoms with Crippen LogP contribution in [0.3, 0.4) is 0 Å². The molecule has 0 atom stereocenters. The van der Waals surface area contributed by atoms with Gasteiger partial charge in [-0.25, -0.2) is 4.79 Å². The van der Waals surface area contributed by atoms with Crippen molar-refractivity contribution in [2.75, 3.05) is 28.6 Å². The summed E-state index contributed by atoms with van der Waals surface area (Å²) in [6, 6.07) is 13.8. The molecule has 2 aromatic rings. The summed E-state index contributed by atoms with van der Waals surface area (Å²) in [5.41, 5.74) is 5.14. The van der Waals surface area contributed by atoms with E-state index in [4.69, 9.17) is 0 Å². The van der Waals surface area contributed by atoms with Gasteiger partial charge in [0.25, 0.3) is 0 Å². The third-order valence-corrected chi connectivity index (χ3v) is 4.70. The van der Waals surface area contributed by atoms with Crippen LogP contribution in [0.1, 0.15) is 30.4 Å². The van der Waals surface area contributed by atoms with Crippen LogP contribution in [0.15, 0.2) is 42.5 Å². The molecular formula is C20H25N3O. The van der Waals surface area contributed by atoms with E-state index >= 15 is 0 Å². The van der Waals surface area contributed by atoms with E-state index in [1.807, 2.05) is 44.2 Å². The number of anilines is 3. The summed E-state index contributed by atoms with van der Waals surface area (Å²) in [6.45, 7) is 6.30. The molecule has 2 aromatic carbocycles. The van der Waals surface area contributed by atoms with Gasteiger partial charge in [0.15, 0.2) is 0 Å². The molecule has 1 aliphatic rings. The van der Waals surface area contributed by atoms with E-state index in [1.54, 1.807) is 0 Å². The van der Waals surface area contributed by atoms with Crippen LogP contribution in [0.2, 0.25) is 0 Å². The molecule has 126 valence electrons. The van der Waals surface area contributed by atoms with Crippen LogP contribution >= 0.6 is 0 Å².